The largest absolute Gasteiger partial charge is 0.331 e. The predicted molar refractivity (Wildman–Crippen MR) is 105 cm³/mol. The first kappa shape index (κ1) is 20.7. The summed E-state index contributed by atoms with van der Waals surface area (Å²) in [5.74, 6) is -0.877. The molecule has 0 aliphatic heterocycles. The van der Waals surface area contributed by atoms with Crippen LogP contribution in [0.4, 0.5) is 10.1 Å². The van der Waals surface area contributed by atoms with E-state index in [4.69, 9.17) is 11.6 Å². The average Bonchev–Trinajstić information content (AvgIpc) is 2.63. The zero-order valence-corrected chi connectivity index (χ0v) is 15.9. The van der Waals surface area contributed by atoms with Crippen LogP contribution in [-0.2, 0) is 10.0 Å². The lowest BCUT2D eigenvalue weighted by Gasteiger charge is -2.20. The van der Waals surface area contributed by atoms with Gasteiger partial charge >= 0.3 is 0 Å². The number of rotatable bonds is 8. The molecule has 0 aliphatic rings. The van der Waals surface area contributed by atoms with E-state index < -0.39 is 15.8 Å². The van der Waals surface area contributed by atoms with Gasteiger partial charge in [-0.15, -0.1) is 13.2 Å². The Labute approximate surface area is 162 Å². The van der Waals surface area contributed by atoms with Crippen molar-refractivity contribution in [1.29, 1.82) is 0 Å². The van der Waals surface area contributed by atoms with Gasteiger partial charge in [0.2, 0.25) is 0 Å². The second-order valence-corrected chi connectivity index (χ2v) is 7.60. The molecule has 0 unspecified atom stereocenters. The number of carbonyl (C=O) groups is 1. The van der Waals surface area contributed by atoms with Crippen molar-refractivity contribution in [2.75, 3.05) is 17.8 Å². The maximum absolute atomic E-state index is 13.0. The number of sulfonamides is 1. The molecule has 0 fully saturated rings. The molecule has 0 atom stereocenters. The summed E-state index contributed by atoms with van der Waals surface area (Å²) in [5, 5.41) is -0.0415. The van der Waals surface area contributed by atoms with E-state index in [0.29, 0.717) is 0 Å². The van der Waals surface area contributed by atoms with Crippen LogP contribution < -0.4 is 4.72 Å². The first-order chi connectivity index (χ1) is 12.8. The zero-order valence-electron chi connectivity index (χ0n) is 14.4. The van der Waals surface area contributed by atoms with Crippen LogP contribution in [0.1, 0.15) is 10.4 Å². The van der Waals surface area contributed by atoms with Crippen molar-refractivity contribution in [3.8, 4) is 0 Å². The van der Waals surface area contributed by atoms with Crippen molar-refractivity contribution in [2.24, 2.45) is 0 Å². The molecular formula is C19H18ClFN2O3S. The van der Waals surface area contributed by atoms with Gasteiger partial charge in [-0.05, 0) is 42.5 Å². The van der Waals surface area contributed by atoms with Crippen molar-refractivity contribution in [2.45, 2.75) is 4.90 Å². The van der Waals surface area contributed by atoms with Crippen LogP contribution in [0, 0.1) is 5.82 Å². The molecule has 142 valence electrons. The molecule has 27 heavy (non-hydrogen) atoms. The highest BCUT2D eigenvalue weighted by Crippen LogP contribution is 2.26. The van der Waals surface area contributed by atoms with Crippen LogP contribution in [0.3, 0.4) is 0 Å². The SMILES string of the molecule is C=CCN(CC=C)C(=O)c1ccc(Cl)c(S(=O)(=O)Nc2ccc(F)cc2)c1. The Morgan fingerprint density at radius 2 is 1.70 bits per heavy atom. The van der Waals surface area contributed by atoms with E-state index in [-0.39, 0.29) is 40.2 Å². The van der Waals surface area contributed by atoms with Gasteiger partial charge in [-0.3, -0.25) is 9.52 Å². The van der Waals surface area contributed by atoms with Gasteiger partial charge in [0, 0.05) is 24.3 Å². The van der Waals surface area contributed by atoms with E-state index in [1.54, 1.807) is 12.2 Å². The minimum atomic E-state index is -4.08. The van der Waals surface area contributed by atoms with Gasteiger partial charge in [-0.2, -0.15) is 0 Å². The van der Waals surface area contributed by atoms with Gasteiger partial charge in [-0.25, -0.2) is 12.8 Å². The Kier molecular flexibility index (Phi) is 6.76. The molecular weight excluding hydrogens is 391 g/mol. The normalized spacial score (nSPS) is 10.9. The second-order valence-electron chi connectivity index (χ2n) is 5.55. The van der Waals surface area contributed by atoms with Gasteiger partial charge in [0.1, 0.15) is 10.7 Å². The number of hydrogen-bond donors (Lipinski definition) is 1. The Morgan fingerprint density at radius 1 is 1.11 bits per heavy atom. The average molecular weight is 409 g/mol. The fourth-order valence-electron chi connectivity index (χ4n) is 2.30. The summed E-state index contributed by atoms with van der Waals surface area (Å²) in [6, 6.07) is 8.81. The fourth-order valence-corrected chi connectivity index (χ4v) is 3.89. The van der Waals surface area contributed by atoms with Crippen LogP contribution in [0.5, 0.6) is 0 Å². The van der Waals surface area contributed by atoms with E-state index in [1.165, 1.54) is 35.2 Å². The van der Waals surface area contributed by atoms with Crippen LogP contribution in [-0.4, -0.2) is 32.3 Å². The molecule has 0 aromatic heterocycles. The van der Waals surface area contributed by atoms with Crippen LogP contribution >= 0.6 is 11.6 Å². The van der Waals surface area contributed by atoms with E-state index >= 15 is 0 Å². The highest BCUT2D eigenvalue weighted by atomic mass is 35.5. The molecule has 0 aliphatic carbocycles. The molecule has 0 saturated heterocycles. The van der Waals surface area contributed by atoms with Crippen molar-refractivity contribution < 1.29 is 17.6 Å². The van der Waals surface area contributed by atoms with Gasteiger partial charge in [0.15, 0.2) is 0 Å². The summed E-state index contributed by atoms with van der Waals surface area (Å²) in [5.41, 5.74) is 0.326. The summed E-state index contributed by atoms with van der Waals surface area (Å²) in [4.78, 5) is 13.8. The molecule has 2 aromatic rings. The van der Waals surface area contributed by atoms with E-state index in [2.05, 4.69) is 17.9 Å². The van der Waals surface area contributed by atoms with Gasteiger partial charge in [0.25, 0.3) is 15.9 Å². The van der Waals surface area contributed by atoms with Gasteiger partial charge in [-0.1, -0.05) is 23.8 Å². The molecule has 1 amide bonds. The number of nitrogens with one attached hydrogen (secondary N) is 1. The number of halogens is 2. The van der Waals surface area contributed by atoms with Crippen molar-refractivity contribution in [3.63, 3.8) is 0 Å². The number of nitrogens with zero attached hydrogens (tertiary/aromatic N) is 1. The third kappa shape index (κ3) is 5.18. The topological polar surface area (TPSA) is 66.5 Å². The maximum atomic E-state index is 13.0. The van der Waals surface area contributed by atoms with Crippen LogP contribution in [0.15, 0.2) is 72.7 Å². The molecule has 0 bridgehead atoms. The third-order valence-corrected chi connectivity index (χ3v) is 5.41. The second kappa shape index (κ2) is 8.83. The number of anilines is 1. The lowest BCUT2D eigenvalue weighted by atomic mass is 10.2. The van der Waals surface area contributed by atoms with E-state index in [9.17, 15) is 17.6 Å². The molecule has 2 rings (SSSR count). The lowest BCUT2D eigenvalue weighted by Crippen LogP contribution is -2.31. The van der Waals surface area contributed by atoms with E-state index in [0.717, 1.165) is 12.1 Å². The maximum Gasteiger partial charge on any atom is 0.263 e. The highest BCUT2D eigenvalue weighted by Gasteiger charge is 2.22. The fraction of sp³-hybridized carbons (Fsp3) is 0.105. The third-order valence-electron chi connectivity index (χ3n) is 3.55. The first-order valence-corrected chi connectivity index (χ1v) is 9.73. The molecule has 8 heteroatoms. The highest BCUT2D eigenvalue weighted by molar-refractivity contribution is 7.92. The Bertz CT molecular complexity index is 949. The van der Waals surface area contributed by atoms with Crippen LogP contribution in [0.25, 0.3) is 0 Å². The summed E-state index contributed by atoms with van der Waals surface area (Å²) < 4.78 is 40.6. The molecule has 5 nitrogen and oxygen atoms in total. The lowest BCUT2D eigenvalue weighted by molar-refractivity contribution is 0.0790. The summed E-state index contributed by atoms with van der Waals surface area (Å²) >= 11 is 6.04. The number of hydrogen-bond acceptors (Lipinski definition) is 3. The minimum Gasteiger partial charge on any atom is -0.331 e. The van der Waals surface area contributed by atoms with Gasteiger partial charge < -0.3 is 4.90 Å². The Hall–Kier alpha value is -2.64. The number of amides is 1. The van der Waals surface area contributed by atoms with Gasteiger partial charge in [0.05, 0.1) is 5.02 Å². The van der Waals surface area contributed by atoms with Crippen molar-refractivity contribution in [3.05, 3.63) is 84.2 Å². The molecule has 1 N–H and O–H groups in total. The van der Waals surface area contributed by atoms with E-state index in [1.807, 2.05) is 0 Å². The molecule has 2 aromatic carbocycles. The first-order valence-electron chi connectivity index (χ1n) is 7.87. The monoisotopic (exact) mass is 408 g/mol. The van der Waals surface area contributed by atoms with Crippen molar-refractivity contribution >= 4 is 33.2 Å². The molecule has 0 saturated carbocycles. The standard InChI is InChI=1S/C19H18ClFN2O3S/c1-3-11-23(12-4-2)19(24)14-5-10-17(20)18(13-14)27(25,26)22-16-8-6-15(21)7-9-16/h3-10,13,22H,1-2,11-12H2. The molecule has 0 spiro atoms. The Morgan fingerprint density at radius 3 is 2.26 bits per heavy atom. The molecule has 0 radical (unpaired) electrons. The smallest absolute Gasteiger partial charge is 0.263 e. The summed E-state index contributed by atoms with van der Waals surface area (Å²) in [7, 11) is -4.08. The Balaban J connectivity index is 2.37. The summed E-state index contributed by atoms with van der Waals surface area (Å²) in [6.07, 6.45) is 3.12. The number of carbonyl (C=O) groups excluding carboxylic acids is 1. The van der Waals surface area contributed by atoms with Crippen LogP contribution in [0.2, 0.25) is 5.02 Å². The molecule has 0 heterocycles. The summed E-state index contributed by atoms with van der Waals surface area (Å²) in [6.45, 7) is 7.76. The predicted octanol–water partition coefficient (Wildman–Crippen LogP) is 4.09. The minimum absolute atomic E-state index is 0.0415. The van der Waals surface area contributed by atoms with Crippen molar-refractivity contribution in [1.82, 2.24) is 4.90 Å². The number of benzene rings is 2. The quantitative estimate of drug-likeness (QED) is 0.669. The zero-order chi connectivity index (χ0) is 20.0.